The topological polar surface area (TPSA) is 68.7 Å². The lowest BCUT2D eigenvalue weighted by molar-refractivity contribution is -0.139. The van der Waals surface area contributed by atoms with Gasteiger partial charge in [-0.3, -0.25) is 0 Å². The predicted octanol–water partition coefficient (Wildman–Crippen LogP) is 4.93. The molecular formula is C19H22BrNO4. The number of ether oxygens (including phenoxy) is 2. The van der Waals surface area contributed by atoms with Crippen molar-refractivity contribution in [1.29, 1.82) is 0 Å². The number of aromatic nitrogens is 1. The van der Waals surface area contributed by atoms with Gasteiger partial charge in [0.2, 0.25) is 0 Å². The molecule has 0 aliphatic rings. The molecule has 1 atom stereocenters. The van der Waals surface area contributed by atoms with Crippen LogP contribution >= 0.6 is 15.9 Å². The second kappa shape index (κ2) is 9.42. The molecule has 0 saturated heterocycles. The van der Waals surface area contributed by atoms with Crippen molar-refractivity contribution in [2.45, 2.75) is 39.2 Å². The highest BCUT2D eigenvalue weighted by Crippen LogP contribution is 2.29. The number of carbonyl (C=O) groups is 1. The minimum absolute atomic E-state index is 0.136. The molecule has 0 bridgehead atoms. The number of aryl methyl sites for hydroxylation is 1. The molecule has 0 fully saturated rings. The molecule has 2 aromatic rings. The van der Waals surface area contributed by atoms with Crippen LogP contribution in [0, 0.1) is 6.92 Å². The lowest BCUT2D eigenvalue weighted by Gasteiger charge is -2.19. The van der Waals surface area contributed by atoms with Gasteiger partial charge in [-0.2, -0.15) is 0 Å². The summed E-state index contributed by atoms with van der Waals surface area (Å²) >= 11 is 3.40. The number of aliphatic carboxylic acids is 1. The zero-order valence-electron chi connectivity index (χ0n) is 14.4. The second-order valence-corrected chi connectivity index (χ2v) is 6.56. The van der Waals surface area contributed by atoms with Crippen molar-refractivity contribution >= 4 is 21.9 Å². The molecule has 6 heteroatoms. The van der Waals surface area contributed by atoms with E-state index in [0.29, 0.717) is 11.5 Å². The predicted molar refractivity (Wildman–Crippen MR) is 99.1 cm³/mol. The number of benzene rings is 1. The van der Waals surface area contributed by atoms with Crippen molar-refractivity contribution in [2.75, 3.05) is 6.61 Å². The first-order chi connectivity index (χ1) is 12.0. The fourth-order valence-electron chi connectivity index (χ4n) is 2.42. The van der Waals surface area contributed by atoms with E-state index in [4.69, 9.17) is 14.6 Å². The molecule has 1 heterocycles. The van der Waals surface area contributed by atoms with Gasteiger partial charge < -0.3 is 14.6 Å². The monoisotopic (exact) mass is 407 g/mol. The minimum atomic E-state index is -1.000. The Kier molecular flexibility index (Phi) is 7.25. The van der Waals surface area contributed by atoms with Gasteiger partial charge >= 0.3 is 5.97 Å². The van der Waals surface area contributed by atoms with Crippen LogP contribution in [0.3, 0.4) is 0 Å². The number of carboxylic acid groups (broad SMARTS) is 1. The van der Waals surface area contributed by atoms with E-state index in [1.165, 1.54) is 0 Å². The normalized spacial score (nSPS) is 11.8. The summed E-state index contributed by atoms with van der Waals surface area (Å²) in [5.41, 5.74) is 1.71. The van der Waals surface area contributed by atoms with Crippen LogP contribution in [0.5, 0.6) is 11.5 Å². The van der Waals surface area contributed by atoms with Gasteiger partial charge in [0, 0.05) is 0 Å². The molecule has 2 rings (SSSR count). The molecule has 1 unspecified atom stereocenters. The van der Waals surface area contributed by atoms with Gasteiger partial charge in [0.15, 0.2) is 6.61 Å². The maximum absolute atomic E-state index is 10.6. The minimum Gasteiger partial charge on any atom is -0.484 e. The number of hydrogen-bond acceptors (Lipinski definition) is 4. The lowest BCUT2D eigenvalue weighted by atomic mass is 10.1. The number of carboxylic acids is 1. The van der Waals surface area contributed by atoms with E-state index in [-0.39, 0.29) is 12.7 Å². The highest BCUT2D eigenvalue weighted by Gasteiger charge is 2.16. The molecule has 0 aliphatic heterocycles. The fourth-order valence-corrected chi connectivity index (χ4v) is 2.78. The summed E-state index contributed by atoms with van der Waals surface area (Å²) in [6, 6.07) is 11.2. The number of rotatable bonds is 9. The van der Waals surface area contributed by atoms with Gasteiger partial charge in [-0.25, -0.2) is 9.78 Å². The van der Waals surface area contributed by atoms with Crippen molar-refractivity contribution in [1.82, 2.24) is 4.98 Å². The van der Waals surface area contributed by atoms with E-state index in [2.05, 4.69) is 27.8 Å². The average Bonchev–Trinajstić information content (AvgIpc) is 2.57. The maximum Gasteiger partial charge on any atom is 0.341 e. The van der Waals surface area contributed by atoms with Gasteiger partial charge in [0.25, 0.3) is 0 Å². The van der Waals surface area contributed by atoms with Crippen LogP contribution in [-0.2, 0) is 4.79 Å². The molecule has 5 nitrogen and oxygen atoms in total. The Morgan fingerprint density at radius 1 is 1.32 bits per heavy atom. The molecule has 0 aliphatic carbocycles. The van der Waals surface area contributed by atoms with Gasteiger partial charge in [-0.05, 0) is 71.6 Å². The van der Waals surface area contributed by atoms with E-state index in [1.807, 2.05) is 31.2 Å². The molecule has 0 spiro atoms. The van der Waals surface area contributed by atoms with E-state index in [9.17, 15) is 4.79 Å². The number of pyridine rings is 1. The summed E-state index contributed by atoms with van der Waals surface area (Å²) in [6.07, 6.45) is 2.85. The summed E-state index contributed by atoms with van der Waals surface area (Å²) in [4.78, 5) is 15.1. The van der Waals surface area contributed by atoms with Crippen molar-refractivity contribution in [2.24, 2.45) is 0 Å². The fraction of sp³-hybridized carbons (Fsp3) is 0.368. The third-order valence-electron chi connectivity index (χ3n) is 3.66. The Morgan fingerprint density at radius 2 is 2.12 bits per heavy atom. The Labute approximate surface area is 156 Å². The van der Waals surface area contributed by atoms with Crippen LogP contribution in [0.25, 0.3) is 0 Å². The van der Waals surface area contributed by atoms with Gasteiger partial charge in [-0.15, -0.1) is 0 Å². The first kappa shape index (κ1) is 19.2. The van der Waals surface area contributed by atoms with Crippen LogP contribution < -0.4 is 9.47 Å². The number of hydrogen-bond donors (Lipinski definition) is 1. The Morgan fingerprint density at radius 3 is 2.76 bits per heavy atom. The smallest absolute Gasteiger partial charge is 0.341 e. The quantitative estimate of drug-likeness (QED) is 0.596. The van der Waals surface area contributed by atoms with Gasteiger partial charge in [0.1, 0.15) is 22.2 Å². The van der Waals surface area contributed by atoms with E-state index < -0.39 is 5.97 Å². The summed E-state index contributed by atoms with van der Waals surface area (Å²) in [7, 11) is 0. The second-order valence-electron chi connectivity index (χ2n) is 5.74. The van der Waals surface area contributed by atoms with Crippen LogP contribution in [0.2, 0.25) is 0 Å². The summed E-state index contributed by atoms with van der Waals surface area (Å²) in [5.74, 6) is 0.253. The van der Waals surface area contributed by atoms with E-state index in [1.54, 1.807) is 12.1 Å². The molecule has 1 aromatic heterocycles. The summed E-state index contributed by atoms with van der Waals surface area (Å²) < 4.78 is 12.2. The largest absolute Gasteiger partial charge is 0.484 e. The molecule has 134 valence electrons. The SMILES string of the molecule is CCCCC(Oc1ccc(OCC(=O)O)c(C)c1)c1cccc(Br)n1. The molecule has 0 amide bonds. The first-order valence-electron chi connectivity index (χ1n) is 8.24. The lowest BCUT2D eigenvalue weighted by Crippen LogP contribution is -2.11. The van der Waals surface area contributed by atoms with Crippen LogP contribution in [0.4, 0.5) is 0 Å². The molecule has 25 heavy (non-hydrogen) atoms. The maximum atomic E-state index is 10.6. The third kappa shape index (κ3) is 6.05. The zero-order valence-corrected chi connectivity index (χ0v) is 16.0. The summed E-state index contributed by atoms with van der Waals surface area (Å²) in [5, 5.41) is 8.71. The first-order valence-corrected chi connectivity index (χ1v) is 9.03. The van der Waals surface area contributed by atoms with Crippen molar-refractivity contribution < 1.29 is 19.4 Å². The molecule has 1 aromatic carbocycles. The number of halogens is 1. The molecular weight excluding hydrogens is 386 g/mol. The van der Waals surface area contributed by atoms with Crippen LogP contribution in [0.1, 0.15) is 43.5 Å². The number of unbranched alkanes of at least 4 members (excludes halogenated alkanes) is 1. The zero-order chi connectivity index (χ0) is 18.2. The van der Waals surface area contributed by atoms with Crippen molar-refractivity contribution in [3.05, 3.63) is 52.3 Å². The number of nitrogens with zero attached hydrogens (tertiary/aromatic N) is 1. The van der Waals surface area contributed by atoms with Gasteiger partial charge in [-0.1, -0.05) is 19.4 Å². The summed E-state index contributed by atoms with van der Waals surface area (Å²) in [6.45, 7) is 3.65. The molecule has 1 N–H and O–H groups in total. The van der Waals surface area contributed by atoms with E-state index in [0.717, 1.165) is 35.1 Å². The highest BCUT2D eigenvalue weighted by molar-refractivity contribution is 9.10. The van der Waals surface area contributed by atoms with Gasteiger partial charge in [0.05, 0.1) is 5.69 Å². The van der Waals surface area contributed by atoms with Crippen LogP contribution in [0.15, 0.2) is 41.0 Å². The van der Waals surface area contributed by atoms with E-state index >= 15 is 0 Å². The molecule has 0 radical (unpaired) electrons. The van der Waals surface area contributed by atoms with Crippen LogP contribution in [-0.4, -0.2) is 22.7 Å². The Balaban J connectivity index is 2.15. The van der Waals surface area contributed by atoms with Crippen molar-refractivity contribution in [3.8, 4) is 11.5 Å². The standard InChI is InChI=1S/C19H22BrNO4/c1-3-4-7-17(15-6-5-8-18(20)21-15)25-14-9-10-16(13(2)11-14)24-12-19(22)23/h5-6,8-11,17H,3-4,7,12H2,1-2H3,(H,22,23). The average molecular weight is 408 g/mol. The third-order valence-corrected chi connectivity index (χ3v) is 4.10. The Bertz CT molecular complexity index is 720. The highest BCUT2D eigenvalue weighted by atomic mass is 79.9. The Hall–Kier alpha value is -2.08. The van der Waals surface area contributed by atoms with Crippen molar-refractivity contribution in [3.63, 3.8) is 0 Å². The molecule has 0 saturated carbocycles.